The van der Waals surface area contributed by atoms with Gasteiger partial charge in [-0.2, -0.15) is 0 Å². The van der Waals surface area contributed by atoms with Gasteiger partial charge in [0.25, 0.3) is 0 Å². The molecule has 2 aliphatic rings. The molecule has 4 rings (SSSR count). The second-order valence-corrected chi connectivity index (χ2v) is 8.83. The molecule has 7 nitrogen and oxygen atoms in total. The van der Waals surface area contributed by atoms with E-state index in [1.54, 1.807) is 19.2 Å². The molecule has 8 heteroatoms. The highest BCUT2D eigenvalue weighted by atomic mass is 19.1. The molecule has 1 aromatic heterocycles. The number of nitrogens with zero attached hydrogens (tertiary/aromatic N) is 3. The molecule has 1 atom stereocenters. The van der Waals surface area contributed by atoms with Crippen molar-refractivity contribution >= 4 is 17.5 Å². The van der Waals surface area contributed by atoms with Crippen LogP contribution in [0, 0.1) is 5.82 Å². The Balaban J connectivity index is 1.68. The lowest BCUT2D eigenvalue weighted by Gasteiger charge is -2.41. The first-order chi connectivity index (χ1) is 15.9. The fraction of sp³-hybridized carbons (Fsp3) is 0.480. The van der Waals surface area contributed by atoms with E-state index in [4.69, 9.17) is 15.5 Å². The van der Waals surface area contributed by atoms with Gasteiger partial charge in [-0.25, -0.2) is 9.37 Å². The zero-order valence-corrected chi connectivity index (χ0v) is 19.2. The summed E-state index contributed by atoms with van der Waals surface area (Å²) >= 11 is 0. The van der Waals surface area contributed by atoms with E-state index < -0.39 is 0 Å². The first-order valence-corrected chi connectivity index (χ1v) is 11.5. The lowest BCUT2D eigenvalue weighted by atomic mass is 9.97. The highest BCUT2D eigenvalue weighted by Crippen LogP contribution is 2.45. The number of piperazine rings is 1. The molecule has 176 valence electrons. The van der Waals surface area contributed by atoms with Crippen molar-refractivity contribution in [2.45, 2.75) is 38.1 Å². The van der Waals surface area contributed by atoms with Gasteiger partial charge in [-0.1, -0.05) is 12.1 Å². The summed E-state index contributed by atoms with van der Waals surface area (Å²) in [6, 6.07) is 8.14. The average molecular weight is 455 g/mol. The highest BCUT2D eigenvalue weighted by molar-refractivity contribution is 6.03. The summed E-state index contributed by atoms with van der Waals surface area (Å²) < 4.78 is 18.5. The molecule has 0 spiro atoms. The molecule has 1 saturated carbocycles. The van der Waals surface area contributed by atoms with E-state index in [1.807, 2.05) is 17.9 Å². The van der Waals surface area contributed by atoms with Crippen LogP contribution in [0.15, 0.2) is 30.3 Å². The van der Waals surface area contributed by atoms with E-state index in [1.165, 1.54) is 12.1 Å². The fourth-order valence-corrected chi connectivity index (χ4v) is 4.46. The van der Waals surface area contributed by atoms with Gasteiger partial charge in [0, 0.05) is 44.3 Å². The maximum absolute atomic E-state index is 13.5. The maximum Gasteiger partial charge on any atom is 0.225 e. The predicted octanol–water partition coefficient (Wildman–Crippen LogP) is 2.98. The number of methoxy groups -OCH3 is 1. The lowest BCUT2D eigenvalue weighted by Crippen LogP contribution is -2.54. The van der Waals surface area contributed by atoms with Crippen LogP contribution in [-0.4, -0.2) is 67.5 Å². The first kappa shape index (κ1) is 23.3. The third-order valence-corrected chi connectivity index (χ3v) is 6.40. The van der Waals surface area contributed by atoms with Gasteiger partial charge >= 0.3 is 0 Å². The van der Waals surface area contributed by atoms with Gasteiger partial charge in [-0.05, 0) is 43.5 Å². The van der Waals surface area contributed by atoms with E-state index in [-0.39, 0.29) is 30.1 Å². The number of ether oxygens (including phenoxy) is 1. The number of rotatable bonds is 8. The Bertz CT molecular complexity index is 1020. The number of hydrogen-bond donors (Lipinski definition) is 1. The van der Waals surface area contributed by atoms with Crippen molar-refractivity contribution in [3.8, 4) is 11.1 Å². The van der Waals surface area contributed by atoms with Crippen molar-refractivity contribution in [3.05, 3.63) is 47.4 Å². The van der Waals surface area contributed by atoms with E-state index in [0.717, 1.165) is 29.7 Å². The lowest BCUT2D eigenvalue weighted by molar-refractivity contribution is -0.134. The predicted molar refractivity (Wildman–Crippen MR) is 125 cm³/mol. The van der Waals surface area contributed by atoms with Gasteiger partial charge in [0.1, 0.15) is 11.6 Å². The van der Waals surface area contributed by atoms with Crippen LogP contribution in [0.4, 0.5) is 10.2 Å². The van der Waals surface area contributed by atoms with E-state index in [0.29, 0.717) is 50.0 Å². The van der Waals surface area contributed by atoms with Gasteiger partial charge < -0.3 is 20.3 Å². The van der Waals surface area contributed by atoms with E-state index in [2.05, 4.69) is 4.90 Å². The monoisotopic (exact) mass is 454 g/mol. The Hall–Kier alpha value is -2.84. The number of hydrogen-bond acceptors (Lipinski definition) is 6. The van der Waals surface area contributed by atoms with Crippen molar-refractivity contribution in [2.75, 3.05) is 44.8 Å². The number of halogens is 1. The summed E-state index contributed by atoms with van der Waals surface area (Å²) in [5, 5.41) is 0. The maximum atomic E-state index is 13.5. The van der Waals surface area contributed by atoms with E-state index >= 15 is 0 Å². The number of pyridine rings is 1. The number of ketones is 1. The molecule has 2 heterocycles. The summed E-state index contributed by atoms with van der Waals surface area (Å²) in [6.07, 6.45) is 2.44. The van der Waals surface area contributed by atoms with Crippen LogP contribution >= 0.6 is 0 Å². The zero-order chi connectivity index (χ0) is 23.5. The number of aromatic nitrogens is 1. The molecule has 1 aromatic carbocycles. The second kappa shape index (κ2) is 9.97. The molecule has 0 unspecified atom stereocenters. The molecule has 0 bridgehead atoms. The molecular weight excluding hydrogens is 423 g/mol. The van der Waals surface area contributed by atoms with Crippen LogP contribution in [0.5, 0.6) is 0 Å². The number of nitrogens with two attached hydrogens (primary N) is 1. The number of carbonyl (C=O) groups is 2. The SMILES string of the molecule is COCCC(=O)N1CCN(c2nc(C3CC3)c(-c3ccc(F)cc3)cc2C(=O)CN)C[C@H]1C. The molecule has 0 radical (unpaired) electrons. The Kier molecular flexibility index (Phi) is 7.05. The van der Waals surface area contributed by atoms with Crippen molar-refractivity contribution < 1.29 is 18.7 Å². The first-order valence-electron chi connectivity index (χ1n) is 11.5. The van der Waals surface area contributed by atoms with Gasteiger partial charge in [0.05, 0.1) is 30.8 Å². The zero-order valence-electron chi connectivity index (χ0n) is 19.2. The average Bonchev–Trinajstić information content (AvgIpc) is 3.67. The van der Waals surface area contributed by atoms with Gasteiger partial charge in [-0.3, -0.25) is 9.59 Å². The Labute approximate surface area is 193 Å². The number of Topliss-reactive ketones (excluding diaryl/α,β-unsaturated/α-hetero) is 1. The summed E-state index contributed by atoms with van der Waals surface area (Å²) in [5.74, 6) is 0.547. The number of carbonyl (C=O) groups excluding carboxylic acids is 2. The summed E-state index contributed by atoms with van der Waals surface area (Å²) in [5.41, 5.74) is 8.87. The molecule has 2 N–H and O–H groups in total. The smallest absolute Gasteiger partial charge is 0.225 e. The molecule has 1 aliphatic carbocycles. The molecule has 33 heavy (non-hydrogen) atoms. The number of anilines is 1. The largest absolute Gasteiger partial charge is 0.384 e. The molecular formula is C25H31FN4O3. The normalized spacial score (nSPS) is 18.5. The van der Waals surface area contributed by atoms with Gasteiger partial charge in [0.2, 0.25) is 5.91 Å². The fourth-order valence-electron chi connectivity index (χ4n) is 4.46. The molecule has 1 saturated heterocycles. The van der Waals surface area contributed by atoms with Gasteiger partial charge in [-0.15, -0.1) is 0 Å². The third-order valence-electron chi connectivity index (χ3n) is 6.40. The minimum atomic E-state index is -0.304. The molecule has 2 aromatic rings. The van der Waals surface area contributed by atoms with Crippen molar-refractivity contribution in [1.29, 1.82) is 0 Å². The minimum absolute atomic E-state index is 0.0214. The van der Waals surface area contributed by atoms with Gasteiger partial charge in [0.15, 0.2) is 5.78 Å². The van der Waals surface area contributed by atoms with E-state index in [9.17, 15) is 14.0 Å². The summed E-state index contributed by atoms with van der Waals surface area (Å²) in [7, 11) is 1.59. The van der Waals surface area contributed by atoms with Crippen LogP contribution in [0.3, 0.4) is 0 Å². The molecule has 1 amide bonds. The van der Waals surface area contributed by atoms with Crippen LogP contribution in [-0.2, 0) is 9.53 Å². The van der Waals surface area contributed by atoms with Crippen molar-refractivity contribution in [2.24, 2.45) is 5.73 Å². The Morgan fingerprint density at radius 2 is 1.94 bits per heavy atom. The van der Waals surface area contributed by atoms with Crippen LogP contribution < -0.4 is 10.6 Å². The number of benzene rings is 1. The van der Waals surface area contributed by atoms with Crippen molar-refractivity contribution in [3.63, 3.8) is 0 Å². The van der Waals surface area contributed by atoms with Crippen molar-refractivity contribution in [1.82, 2.24) is 9.88 Å². The highest BCUT2D eigenvalue weighted by Gasteiger charge is 2.33. The van der Waals surface area contributed by atoms with Crippen LogP contribution in [0.1, 0.15) is 48.2 Å². The van der Waals surface area contributed by atoms with Crippen LogP contribution in [0.2, 0.25) is 0 Å². The summed E-state index contributed by atoms with van der Waals surface area (Å²) in [6.45, 7) is 4.01. The Morgan fingerprint density at radius 3 is 2.55 bits per heavy atom. The molecule has 1 aliphatic heterocycles. The quantitative estimate of drug-likeness (QED) is 0.617. The topological polar surface area (TPSA) is 88.8 Å². The minimum Gasteiger partial charge on any atom is -0.384 e. The molecule has 2 fully saturated rings. The standard InChI is InChI=1S/C25H31FN4O3/c1-16-15-29(10-11-30(16)23(32)9-12-33-2)25-21(22(31)14-27)13-20(24(28-25)18-3-4-18)17-5-7-19(26)8-6-17/h5-8,13,16,18H,3-4,9-12,14-15,27H2,1-2H3/t16-/m1/s1. The number of amides is 1. The van der Waals surface area contributed by atoms with Crippen LogP contribution in [0.25, 0.3) is 11.1 Å². The second-order valence-electron chi connectivity index (χ2n) is 8.83. The summed E-state index contributed by atoms with van der Waals surface area (Å²) in [4.78, 5) is 34.4. The third kappa shape index (κ3) is 5.07. The Morgan fingerprint density at radius 1 is 1.21 bits per heavy atom.